The number of benzene rings is 2. The molecule has 190 valence electrons. The Kier molecular flexibility index (Phi) is 7.45. The van der Waals surface area contributed by atoms with E-state index in [9.17, 15) is 18.0 Å². The minimum absolute atomic E-state index is 0.0530. The van der Waals surface area contributed by atoms with Crippen LogP contribution in [0.25, 0.3) is 11.3 Å². The first-order valence-electron chi connectivity index (χ1n) is 12.4. The monoisotopic (exact) mass is 507 g/mol. The maximum atomic E-state index is 13.5. The number of Topliss-reactive ketones (excluding diaryl/α,β-unsaturated/α-hetero) is 1. The highest BCUT2D eigenvalue weighted by Gasteiger charge is 2.37. The second-order valence-corrected chi connectivity index (χ2v) is 11.6. The molecule has 2 aliphatic carbocycles. The number of ketones is 1. The molecule has 7 nitrogen and oxygen atoms in total. The van der Waals surface area contributed by atoms with Gasteiger partial charge < -0.3 is 9.47 Å². The van der Waals surface area contributed by atoms with E-state index in [1.54, 1.807) is 74.6 Å². The number of para-hydroxylation sites is 1. The van der Waals surface area contributed by atoms with E-state index < -0.39 is 9.84 Å². The lowest BCUT2D eigenvalue weighted by Gasteiger charge is -2.46. The number of hydrogen-bond donors (Lipinski definition) is 0. The summed E-state index contributed by atoms with van der Waals surface area (Å²) in [6.07, 6.45) is 7.34. The summed E-state index contributed by atoms with van der Waals surface area (Å²) in [5.41, 5.74) is 1.30. The summed E-state index contributed by atoms with van der Waals surface area (Å²) in [6, 6.07) is 15.4. The number of carbonyl (C=O) groups excluding carboxylic acids is 2. The molecule has 0 atom stereocenters. The third kappa shape index (κ3) is 5.00. The fraction of sp³-hybridized carbons (Fsp3) is 0.393. The highest BCUT2D eigenvalue weighted by atomic mass is 32.2. The molecule has 5 rings (SSSR count). The molecular formula is C28H33N3O4S. The molecule has 1 heterocycles. The number of fused-ring (bicyclic) bond motifs is 1. The van der Waals surface area contributed by atoms with Gasteiger partial charge in [0.15, 0.2) is 21.4 Å². The van der Waals surface area contributed by atoms with E-state index in [2.05, 4.69) is 4.98 Å². The fourth-order valence-electron chi connectivity index (χ4n) is 4.91. The van der Waals surface area contributed by atoms with Gasteiger partial charge in [-0.05, 0) is 62.6 Å². The smallest absolute Gasteiger partial charge is 0.276 e. The van der Waals surface area contributed by atoms with Crippen LogP contribution in [0.4, 0.5) is 5.69 Å². The van der Waals surface area contributed by atoms with Crippen molar-refractivity contribution >= 4 is 27.2 Å². The number of hydrogen-bond acceptors (Lipinski definition) is 5. The van der Waals surface area contributed by atoms with Crippen LogP contribution in [0.2, 0.25) is 0 Å². The van der Waals surface area contributed by atoms with Gasteiger partial charge in [-0.2, -0.15) is 0 Å². The van der Waals surface area contributed by atoms with E-state index in [4.69, 9.17) is 0 Å². The predicted molar refractivity (Wildman–Crippen MR) is 141 cm³/mol. The number of aromatic nitrogens is 2. The molecule has 2 saturated carbocycles. The number of anilines is 1. The van der Waals surface area contributed by atoms with Crippen LogP contribution in [0, 0.1) is 11.8 Å². The Morgan fingerprint density at radius 1 is 0.972 bits per heavy atom. The Labute approximate surface area is 213 Å². The van der Waals surface area contributed by atoms with Crippen molar-refractivity contribution in [1.29, 1.82) is 0 Å². The molecular weight excluding hydrogens is 474 g/mol. The van der Waals surface area contributed by atoms with E-state index in [1.165, 1.54) is 29.7 Å². The summed E-state index contributed by atoms with van der Waals surface area (Å²) in [5, 5.41) is 0. The van der Waals surface area contributed by atoms with Crippen LogP contribution in [0.5, 0.6) is 0 Å². The predicted octanol–water partition coefficient (Wildman–Crippen LogP) is 5.26. The summed E-state index contributed by atoms with van der Waals surface area (Å²) >= 11 is 0. The molecule has 0 unspecified atom stereocenters. The lowest BCUT2D eigenvalue weighted by Crippen LogP contribution is -2.34. The summed E-state index contributed by atoms with van der Waals surface area (Å²) < 4.78 is 26.3. The van der Waals surface area contributed by atoms with Gasteiger partial charge in [0.1, 0.15) is 11.4 Å². The van der Waals surface area contributed by atoms with Crippen molar-refractivity contribution in [3.8, 4) is 11.3 Å². The van der Waals surface area contributed by atoms with Gasteiger partial charge >= 0.3 is 0 Å². The van der Waals surface area contributed by atoms with Crippen LogP contribution in [0.15, 0.2) is 59.5 Å². The maximum absolute atomic E-state index is 13.5. The zero-order valence-corrected chi connectivity index (χ0v) is 22.1. The van der Waals surface area contributed by atoms with Crippen molar-refractivity contribution in [3.05, 3.63) is 66.1 Å². The van der Waals surface area contributed by atoms with Crippen LogP contribution in [0.1, 0.15) is 60.6 Å². The fourth-order valence-corrected chi connectivity index (χ4v) is 5.80. The third-order valence-corrected chi connectivity index (χ3v) is 8.43. The van der Waals surface area contributed by atoms with E-state index in [0.29, 0.717) is 17.8 Å². The van der Waals surface area contributed by atoms with E-state index in [1.807, 2.05) is 18.2 Å². The lowest BCUT2D eigenvalue weighted by molar-refractivity contribution is 0.0548. The molecule has 0 spiro atoms. The van der Waals surface area contributed by atoms with E-state index in [-0.39, 0.29) is 33.8 Å². The minimum Gasteiger partial charge on any atom is -0.317 e. The molecule has 36 heavy (non-hydrogen) atoms. The molecule has 0 N–H and O–H groups in total. The van der Waals surface area contributed by atoms with Crippen molar-refractivity contribution in [2.75, 3.05) is 18.2 Å². The molecule has 0 bridgehead atoms. The highest BCUT2D eigenvalue weighted by Crippen LogP contribution is 2.49. The molecule has 2 fully saturated rings. The van der Waals surface area contributed by atoms with Gasteiger partial charge in [-0.25, -0.2) is 13.4 Å². The molecule has 0 radical (unpaired) electrons. The van der Waals surface area contributed by atoms with Crippen molar-refractivity contribution in [1.82, 2.24) is 9.55 Å². The molecule has 0 saturated heterocycles. The second-order valence-electron chi connectivity index (χ2n) is 9.58. The molecule has 1 aromatic heterocycles. The zero-order valence-electron chi connectivity index (χ0n) is 21.3. The number of nitrogens with zero attached hydrogens (tertiary/aromatic N) is 3. The molecule has 1 amide bonds. The first kappa shape index (κ1) is 25.8. The van der Waals surface area contributed by atoms with Crippen LogP contribution in [-0.4, -0.2) is 43.0 Å². The number of imidazole rings is 1. The Morgan fingerprint density at radius 3 is 2.00 bits per heavy atom. The van der Waals surface area contributed by atoms with Crippen molar-refractivity contribution < 1.29 is 18.0 Å². The van der Waals surface area contributed by atoms with Gasteiger partial charge in [-0.15, -0.1) is 0 Å². The number of sulfone groups is 1. The summed E-state index contributed by atoms with van der Waals surface area (Å²) in [6.45, 7) is 3.50. The molecule has 2 aromatic carbocycles. The van der Waals surface area contributed by atoms with E-state index in [0.717, 1.165) is 6.26 Å². The molecule has 0 aliphatic heterocycles. The third-order valence-electron chi connectivity index (χ3n) is 7.27. The van der Waals surface area contributed by atoms with Crippen LogP contribution in [-0.2, 0) is 16.4 Å². The first-order chi connectivity index (χ1) is 17.1. The quantitative estimate of drug-likeness (QED) is 0.425. The van der Waals surface area contributed by atoms with Crippen molar-refractivity contribution in [2.24, 2.45) is 11.8 Å². The van der Waals surface area contributed by atoms with Gasteiger partial charge in [0.2, 0.25) is 0 Å². The normalized spacial score (nSPS) is 18.1. The van der Waals surface area contributed by atoms with E-state index >= 15 is 0 Å². The highest BCUT2D eigenvalue weighted by molar-refractivity contribution is 7.90. The average molecular weight is 508 g/mol. The lowest BCUT2D eigenvalue weighted by atomic mass is 9.60. The van der Waals surface area contributed by atoms with Crippen LogP contribution >= 0.6 is 0 Å². The van der Waals surface area contributed by atoms with Crippen molar-refractivity contribution in [2.45, 2.75) is 51.0 Å². The van der Waals surface area contributed by atoms with Gasteiger partial charge in [0.05, 0.1) is 4.90 Å². The summed E-state index contributed by atoms with van der Waals surface area (Å²) in [4.78, 5) is 31.7. The van der Waals surface area contributed by atoms with Crippen LogP contribution < -0.4 is 4.90 Å². The Bertz CT molecular complexity index is 1360. The number of rotatable bonds is 6. The second kappa shape index (κ2) is 10.4. The summed E-state index contributed by atoms with van der Waals surface area (Å²) in [5.74, 6) is 1.84. The number of amides is 1. The SMILES string of the molecule is C1CC2CCC12.CCn1c(C(C)=O)nc(-c2ccccc2S(C)(=O)=O)c1C(=O)N(C)c1ccccc1. The van der Waals surface area contributed by atoms with Gasteiger partial charge in [0, 0.05) is 38.0 Å². The Hall–Kier alpha value is -3.26. The van der Waals surface area contributed by atoms with Crippen LogP contribution in [0.3, 0.4) is 0 Å². The Morgan fingerprint density at radius 2 is 1.53 bits per heavy atom. The minimum atomic E-state index is -3.59. The molecule has 2 aliphatic rings. The molecule has 3 aromatic rings. The van der Waals surface area contributed by atoms with Gasteiger partial charge in [-0.1, -0.05) is 36.4 Å². The topological polar surface area (TPSA) is 89.3 Å². The van der Waals surface area contributed by atoms with Gasteiger partial charge in [0.25, 0.3) is 5.91 Å². The largest absolute Gasteiger partial charge is 0.317 e. The molecule has 8 heteroatoms. The standard InChI is InChI=1S/C22H23N3O4S.C6H10/c1-5-25-20(22(27)24(3)16-11-7-6-8-12-16)19(23-21(25)15(2)26)17-13-9-10-14-18(17)30(4,28)29;1-2-6-4-3-5(1)6/h6-14H,5H2,1-4H3;5-6H,1-4H2. The summed E-state index contributed by atoms with van der Waals surface area (Å²) in [7, 11) is -1.96. The van der Waals surface area contributed by atoms with Gasteiger partial charge in [-0.3, -0.25) is 9.59 Å². The average Bonchev–Trinajstić information content (AvgIpc) is 3.25. The zero-order chi connectivity index (χ0) is 26.0. The maximum Gasteiger partial charge on any atom is 0.276 e. The number of carbonyl (C=O) groups is 2. The first-order valence-corrected chi connectivity index (χ1v) is 14.3. The Balaban J connectivity index is 0.000000434. The van der Waals surface area contributed by atoms with Crippen molar-refractivity contribution in [3.63, 3.8) is 0 Å².